The van der Waals surface area contributed by atoms with Gasteiger partial charge in [-0.1, -0.05) is 35.0 Å². The van der Waals surface area contributed by atoms with Crippen LogP contribution in [0.5, 0.6) is 0 Å². The maximum Gasteiger partial charge on any atom is 0.347 e. The molecule has 37 heavy (non-hydrogen) atoms. The number of amides is 1. The molecule has 0 saturated carbocycles. The fourth-order valence-electron chi connectivity index (χ4n) is 3.76. The van der Waals surface area contributed by atoms with Gasteiger partial charge in [0.25, 0.3) is 0 Å². The first-order valence-electron chi connectivity index (χ1n) is 10.9. The van der Waals surface area contributed by atoms with Crippen LogP contribution >= 0.6 is 35.0 Å². The first kappa shape index (κ1) is 25.0. The minimum atomic E-state index is -0.566. The molecule has 4 aromatic rings. The van der Waals surface area contributed by atoms with Gasteiger partial charge in [0, 0.05) is 27.4 Å². The van der Waals surface area contributed by atoms with Gasteiger partial charge in [0.15, 0.2) is 0 Å². The highest BCUT2D eigenvalue weighted by Crippen LogP contribution is 2.38. The molecule has 0 atom stereocenters. The average Bonchev–Trinajstić information content (AvgIpc) is 3.44. The fourth-order valence-corrected chi connectivity index (χ4v) is 5.10. The minimum Gasteiger partial charge on any atom is -0.422 e. The van der Waals surface area contributed by atoms with Crippen molar-refractivity contribution in [1.82, 2.24) is 15.2 Å². The fraction of sp³-hybridized carbons (Fsp3) is 0.0769. The smallest absolute Gasteiger partial charge is 0.347 e. The number of nitrogens with zero attached hydrogens (tertiary/aromatic N) is 2. The van der Waals surface area contributed by atoms with E-state index >= 15 is 0 Å². The van der Waals surface area contributed by atoms with Crippen molar-refractivity contribution < 1.29 is 18.7 Å². The number of carbonyl (C=O) groups is 2. The molecule has 0 spiro atoms. The Morgan fingerprint density at radius 1 is 1.19 bits per heavy atom. The van der Waals surface area contributed by atoms with Gasteiger partial charge in [-0.2, -0.15) is 5.10 Å². The quantitative estimate of drug-likeness (QED) is 0.205. The lowest BCUT2D eigenvalue weighted by atomic mass is 10.0. The van der Waals surface area contributed by atoms with Crippen molar-refractivity contribution >= 4 is 64.4 Å². The lowest BCUT2D eigenvalue weighted by Crippen LogP contribution is -2.15. The third kappa shape index (κ3) is 5.39. The molecule has 1 amide bonds. The minimum absolute atomic E-state index is 0.00930. The number of aromatic amines is 1. The molecule has 2 aromatic heterocycles. The number of pyridine rings is 1. The Morgan fingerprint density at radius 2 is 1.97 bits per heavy atom. The summed E-state index contributed by atoms with van der Waals surface area (Å²) in [7, 11) is 0. The van der Waals surface area contributed by atoms with Gasteiger partial charge in [0.1, 0.15) is 22.2 Å². The van der Waals surface area contributed by atoms with E-state index in [-0.39, 0.29) is 23.0 Å². The number of thioether (sulfide) groups is 1. The number of anilines is 1. The van der Waals surface area contributed by atoms with Crippen molar-refractivity contribution in [3.63, 3.8) is 0 Å². The number of hydrogen-bond donors (Lipinski definition) is 2. The SMILES string of the molecule is Cc1cc2c(c(SCC(=O)Nc3ccc(Cl)cc3Cl)n1)C(=O)O/C2=C/c1cn[nH]c1-c1ccc(F)cc1. The molecule has 0 saturated heterocycles. The van der Waals surface area contributed by atoms with E-state index in [1.54, 1.807) is 49.5 Å². The summed E-state index contributed by atoms with van der Waals surface area (Å²) in [5, 5.41) is 10.9. The van der Waals surface area contributed by atoms with Crippen LogP contribution in [0.2, 0.25) is 10.0 Å². The first-order valence-corrected chi connectivity index (χ1v) is 12.7. The van der Waals surface area contributed by atoms with E-state index in [4.69, 9.17) is 27.9 Å². The number of H-pyrrole nitrogens is 1. The second kappa shape index (κ2) is 10.4. The number of cyclic esters (lactones) is 1. The van der Waals surface area contributed by atoms with Gasteiger partial charge in [-0.3, -0.25) is 9.89 Å². The zero-order chi connectivity index (χ0) is 26.1. The Balaban J connectivity index is 1.40. The highest BCUT2D eigenvalue weighted by Gasteiger charge is 2.32. The molecular formula is C26H17Cl2FN4O3S. The van der Waals surface area contributed by atoms with Gasteiger partial charge in [0.2, 0.25) is 5.91 Å². The lowest BCUT2D eigenvalue weighted by Gasteiger charge is -2.09. The van der Waals surface area contributed by atoms with Crippen LogP contribution in [0.3, 0.4) is 0 Å². The maximum atomic E-state index is 13.4. The van der Waals surface area contributed by atoms with Crippen LogP contribution in [0.4, 0.5) is 10.1 Å². The number of ether oxygens (including phenoxy) is 1. The largest absolute Gasteiger partial charge is 0.422 e. The Morgan fingerprint density at radius 3 is 2.73 bits per heavy atom. The number of nitrogens with one attached hydrogen (secondary N) is 2. The second-order valence-electron chi connectivity index (χ2n) is 8.06. The van der Waals surface area contributed by atoms with Crippen molar-refractivity contribution in [1.29, 1.82) is 0 Å². The van der Waals surface area contributed by atoms with E-state index in [2.05, 4.69) is 20.5 Å². The molecular weight excluding hydrogens is 538 g/mol. The predicted octanol–water partition coefficient (Wildman–Crippen LogP) is 6.63. The highest BCUT2D eigenvalue weighted by molar-refractivity contribution is 8.00. The van der Waals surface area contributed by atoms with Crippen molar-refractivity contribution in [2.45, 2.75) is 11.9 Å². The third-order valence-electron chi connectivity index (χ3n) is 5.42. The molecule has 0 radical (unpaired) electrons. The van der Waals surface area contributed by atoms with E-state index in [0.29, 0.717) is 49.0 Å². The van der Waals surface area contributed by atoms with Crippen LogP contribution in [0.1, 0.15) is 27.2 Å². The zero-order valence-electron chi connectivity index (χ0n) is 19.1. The summed E-state index contributed by atoms with van der Waals surface area (Å²) in [5.74, 6) is -0.917. The van der Waals surface area contributed by atoms with E-state index in [1.165, 1.54) is 18.2 Å². The van der Waals surface area contributed by atoms with Crippen molar-refractivity contribution in [3.05, 3.63) is 93.0 Å². The van der Waals surface area contributed by atoms with E-state index in [0.717, 1.165) is 17.3 Å². The average molecular weight is 555 g/mol. The van der Waals surface area contributed by atoms with Crippen LogP contribution in [-0.4, -0.2) is 32.8 Å². The molecule has 0 unspecified atom stereocenters. The Hall–Kier alpha value is -3.66. The van der Waals surface area contributed by atoms with E-state index in [9.17, 15) is 14.0 Å². The number of esters is 1. The second-order valence-corrected chi connectivity index (χ2v) is 9.87. The monoisotopic (exact) mass is 554 g/mol. The highest BCUT2D eigenvalue weighted by atomic mass is 35.5. The van der Waals surface area contributed by atoms with Gasteiger partial charge in [-0.15, -0.1) is 0 Å². The normalized spacial score (nSPS) is 13.5. The van der Waals surface area contributed by atoms with Crippen LogP contribution in [0.25, 0.3) is 23.1 Å². The summed E-state index contributed by atoms with van der Waals surface area (Å²) in [4.78, 5) is 29.8. The van der Waals surface area contributed by atoms with Gasteiger partial charge < -0.3 is 10.1 Å². The van der Waals surface area contributed by atoms with Gasteiger partial charge in [-0.05, 0) is 61.5 Å². The number of aromatic nitrogens is 3. The van der Waals surface area contributed by atoms with Gasteiger partial charge in [-0.25, -0.2) is 14.2 Å². The summed E-state index contributed by atoms with van der Waals surface area (Å²) >= 11 is 13.1. The molecule has 5 rings (SSSR count). The van der Waals surface area contributed by atoms with Crippen molar-refractivity contribution in [2.75, 3.05) is 11.1 Å². The molecule has 2 aromatic carbocycles. The number of benzene rings is 2. The zero-order valence-corrected chi connectivity index (χ0v) is 21.5. The molecule has 0 bridgehead atoms. The standard InChI is InChI=1S/C26H17Cl2FN4O3S/c1-13-8-18-21(9-15-11-30-33-24(15)14-2-5-17(29)6-3-14)36-26(35)23(18)25(31-13)37-12-22(34)32-20-7-4-16(27)10-19(20)28/h2-11H,12H2,1H3,(H,30,33)(H,32,34)/b21-9+. The molecule has 0 fully saturated rings. The number of fused-ring (bicyclic) bond motifs is 1. The van der Waals surface area contributed by atoms with Crippen LogP contribution < -0.4 is 5.32 Å². The summed E-state index contributed by atoms with van der Waals surface area (Å²) in [5.41, 5.74) is 3.96. The summed E-state index contributed by atoms with van der Waals surface area (Å²) in [6, 6.07) is 12.5. The Bertz CT molecular complexity index is 1570. The molecule has 7 nitrogen and oxygen atoms in total. The Labute approximate surface area is 225 Å². The number of rotatable bonds is 6. The third-order valence-corrected chi connectivity index (χ3v) is 6.94. The van der Waals surface area contributed by atoms with Crippen molar-refractivity contribution in [3.8, 4) is 11.3 Å². The van der Waals surface area contributed by atoms with Crippen molar-refractivity contribution in [2.24, 2.45) is 0 Å². The molecule has 3 heterocycles. The lowest BCUT2D eigenvalue weighted by molar-refractivity contribution is -0.113. The van der Waals surface area contributed by atoms with Crippen LogP contribution in [-0.2, 0) is 9.53 Å². The predicted molar refractivity (Wildman–Crippen MR) is 142 cm³/mol. The van der Waals surface area contributed by atoms with Gasteiger partial charge >= 0.3 is 5.97 Å². The number of carbonyl (C=O) groups excluding carboxylic acids is 2. The van der Waals surface area contributed by atoms with Crippen LogP contribution in [0, 0.1) is 12.7 Å². The van der Waals surface area contributed by atoms with E-state index in [1.807, 2.05) is 0 Å². The first-order chi connectivity index (χ1) is 17.8. The van der Waals surface area contributed by atoms with E-state index < -0.39 is 5.97 Å². The number of aryl methyl sites for hydroxylation is 1. The maximum absolute atomic E-state index is 13.4. The molecule has 1 aliphatic heterocycles. The molecule has 11 heteroatoms. The van der Waals surface area contributed by atoms with Gasteiger partial charge in [0.05, 0.1) is 28.4 Å². The molecule has 186 valence electrons. The Kier molecular flexibility index (Phi) is 7.01. The topological polar surface area (TPSA) is 97.0 Å². The molecule has 2 N–H and O–H groups in total. The summed E-state index contributed by atoms with van der Waals surface area (Å²) < 4.78 is 18.9. The molecule has 1 aliphatic rings. The molecule has 0 aliphatic carbocycles. The summed E-state index contributed by atoms with van der Waals surface area (Å²) in [6.45, 7) is 1.79. The van der Waals surface area contributed by atoms with Crippen LogP contribution in [0.15, 0.2) is 59.8 Å². The summed E-state index contributed by atoms with van der Waals surface area (Å²) in [6.07, 6.45) is 3.28. The number of hydrogen-bond acceptors (Lipinski definition) is 6. The number of halogens is 3.